The highest BCUT2D eigenvalue weighted by atomic mass is 16.5. The zero-order chi connectivity index (χ0) is 18.1. The van der Waals surface area contributed by atoms with Gasteiger partial charge in [0.15, 0.2) is 0 Å². The van der Waals surface area contributed by atoms with E-state index in [1.54, 1.807) is 19.2 Å². The van der Waals surface area contributed by atoms with Gasteiger partial charge in [0.25, 0.3) is 11.5 Å². The first kappa shape index (κ1) is 17.2. The summed E-state index contributed by atoms with van der Waals surface area (Å²) in [5, 5.41) is 4.54. The Morgan fingerprint density at radius 3 is 2.92 bits per heavy atom. The number of fused-ring (bicyclic) bond motifs is 1. The molecule has 1 aromatic heterocycles. The van der Waals surface area contributed by atoms with Gasteiger partial charge < -0.3 is 15.0 Å². The van der Waals surface area contributed by atoms with E-state index < -0.39 is 0 Å². The summed E-state index contributed by atoms with van der Waals surface area (Å²) in [5.41, 5.74) is 0.106. The molecule has 138 valence electrons. The smallest absolute Gasteiger partial charge is 0.268 e. The maximum Gasteiger partial charge on any atom is 0.268 e. The van der Waals surface area contributed by atoms with Crippen LogP contribution in [0.3, 0.4) is 0 Å². The van der Waals surface area contributed by atoms with Gasteiger partial charge >= 0.3 is 0 Å². The van der Waals surface area contributed by atoms with Crippen molar-refractivity contribution in [3.8, 4) is 0 Å². The Morgan fingerprint density at radius 1 is 1.27 bits per heavy atom. The summed E-state index contributed by atoms with van der Waals surface area (Å²) in [6, 6.07) is 9.54. The van der Waals surface area contributed by atoms with Crippen molar-refractivity contribution in [1.29, 1.82) is 0 Å². The van der Waals surface area contributed by atoms with Gasteiger partial charge in [0.1, 0.15) is 5.69 Å². The first-order valence-corrected chi connectivity index (χ1v) is 9.35. The quantitative estimate of drug-likeness (QED) is 0.878. The van der Waals surface area contributed by atoms with Gasteiger partial charge in [-0.3, -0.25) is 14.5 Å². The number of H-pyrrole nitrogens is 1. The molecular formula is C20H25N3O3. The number of nitrogens with one attached hydrogen (secondary N) is 2. The lowest BCUT2D eigenvalue weighted by molar-refractivity contribution is 0.0869. The van der Waals surface area contributed by atoms with Gasteiger partial charge in [-0.15, -0.1) is 0 Å². The highest BCUT2D eigenvalue weighted by molar-refractivity contribution is 5.96. The number of aromatic nitrogens is 1. The number of carbonyl (C=O) groups is 1. The molecule has 1 amide bonds. The molecule has 1 unspecified atom stereocenters. The summed E-state index contributed by atoms with van der Waals surface area (Å²) >= 11 is 0. The van der Waals surface area contributed by atoms with E-state index in [0.717, 1.165) is 44.2 Å². The zero-order valence-electron chi connectivity index (χ0n) is 15.0. The van der Waals surface area contributed by atoms with Crippen LogP contribution in [0, 0.1) is 0 Å². The highest BCUT2D eigenvalue weighted by Gasteiger charge is 2.37. The van der Waals surface area contributed by atoms with Crippen LogP contribution in [0.4, 0.5) is 0 Å². The minimum absolute atomic E-state index is 0.119. The number of aromatic amines is 1. The molecule has 6 heteroatoms. The van der Waals surface area contributed by atoms with Crippen LogP contribution >= 0.6 is 0 Å². The van der Waals surface area contributed by atoms with E-state index in [0.29, 0.717) is 23.2 Å². The molecule has 2 aromatic rings. The number of benzene rings is 1. The summed E-state index contributed by atoms with van der Waals surface area (Å²) in [5.74, 6) is -0.202. The molecule has 1 aromatic carbocycles. The molecule has 1 saturated heterocycles. The molecule has 2 N–H and O–H groups in total. The number of rotatable bonds is 4. The third-order valence-corrected chi connectivity index (χ3v) is 5.77. The molecule has 0 spiro atoms. The molecule has 4 rings (SSSR count). The number of ether oxygens (including phenoxy) is 1. The number of pyridine rings is 1. The summed E-state index contributed by atoms with van der Waals surface area (Å²) < 4.78 is 5.47. The number of methoxy groups -OCH3 is 1. The van der Waals surface area contributed by atoms with Gasteiger partial charge in [-0.25, -0.2) is 0 Å². The predicted molar refractivity (Wildman–Crippen MR) is 100 cm³/mol. The molecule has 2 heterocycles. The Bertz CT molecular complexity index is 863. The van der Waals surface area contributed by atoms with Crippen molar-refractivity contribution >= 4 is 16.7 Å². The van der Waals surface area contributed by atoms with E-state index in [-0.39, 0.29) is 17.5 Å². The van der Waals surface area contributed by atoms with Gasteiger partial charge in [0, 0.05) is 37.7 Å². The SMILES string of the molecule is COC1CCN([C@H]2CCC[C@H]2NC(=O)c2cc3ccccc3c(=O)[nH]2)C1. The number of likely N-dealkylation sites (tertiary alicyclic amines) is 1. The van der Waals surface area contributed by atoms with Crippen molar-refractivity contribution in [3.05, 3.63) is 46.4 Å². The zero-order valence-corrected chi connectivity index (χ0v) is 15.0. The van der Waals surface area contributed by atoms with E-state index in [2.05, 4.69) is 15.2 Å². The highest BCUT2D eigenvalue weighted by Crippen LogP contribution is 2.28. The number of carbonyl (C=O) groups excluding carboxylic acids is 1. The molecule has 1 aliphatic carbocycles. The minimum Gasteiger partial charge on any atom is -0.380 e. The average Bonchev–Trinajstić information content (AvgIpc) is 3.30. The van der Waals surface area contributed by atoms with Crippen LogP contribution in [0.15, 0.2) is 35.1 Å². The minimum atomic E-state index is -0.223. The second kappa shape index (κ2) is 7.21. The van der Waals surface area contributed by atoms with E-state index in [9.17, 15) is 9.59 Å². The molecule has 1 aliphatic heterocycles. The lowest BCUT2D eigenvalue weighted by Gasteiger charge is -2.30. The third-order valence-electron chi connectivity index (χ3n) is 5.77. The molecule has 6 nitrogen and oxygen atoms in total. The molecule has 2 fully saturated rings. The topological polar surface area (TPSA) is 74.4 Å². The van der Waals surface area contributed by atoms with Gasteiger partial charge in [0.05, 0.1) is 6.10 Å². The molecule has 1 saturated carbocycles. The van der Waals surface area contributed by atoms with Crippen LogP contribution in [0.5, 0.6) is 0 Å². The fourth-order valence-corrected chi connectivity index (χ4v) is 4.37. The van der Waals surface area contributed by atoms with Gasteiger partial charge in [-0.1, -0.05) is 18.2 Å². The van der Waals surface area contributed by atoms with Crippen LogP contribution in [0.2, 0.25) is 0 Å². The van der Waals surface area contributed by atoms with Crippen LogP contribution in [-0.4, -0.2) is 54.2 Å². The van der Waals surface area contributed by atoms with Crippen molar-refractivity contribution in [2.24, 2.45) is 0 Å². The summed E-state index contributed by atoms with van der Waals surface area (Å²) in [4.78, 5) is 30.1. The molecule has 3 atom stereocenters. The first-order chi connectivity index (χ1) is 12.7. The van der Waals surface area contributed by atoms with Crippen LogP contribution in [0.25, 0.3) is 10.8 Å². The first-order valence-electron chi connectivity index (χ1n) is 9.35. The number of nitrogens with zero attached hydrogens (tertiary/aromatic N) is 1. The number of hydrogen-bond donors (Lipinski definition) is 2. The Kier molecular flexibility index (Phi) is 4.78. The lowest BCUT2D eigenvalue weighted by Crippen LogP contribution is -2.48. The maximum atomic E-state index is 12.8. The number of hydrogen-bond acceptors (Lipinski definition) is 4. The fraction of sp³-hybridized carbons (Fsp3) is 0.500. The largest absolute Gasteiger partial charge is 0.380 e. The van der Waals surface area contributed by atoms with Crippen LogP contribution in [-0.2, 0) is 4.74 Å². The molecule has 26 heavy (non-hydrogen) atoms. The second-order valence-electron chi connectivity index (χ2n) is 7.32. The maximum absolute atomic E-state index is 12.8. The summed E-state index contributed by atoms with van der Waals surface area (Å²) in [6.07, 6.45) is 4.52. The molecule has 0 radical (unpaired) electrons. The van der Waals surface area contributed by atoms with E-state index in [1.165, 1.54) is 0 Å². The van der Waals surface area contributed by atoms with Crippen molar-refractivity contribution in [2.45, 2.75) is 43.9 Å². The van der Waals surface area contributed by atoms with Crippen molar-refractivity contribution in [1.82, 2.24) is 15.2 Å². The van der Waals surface area contributed by atoms with Crippen molar-refractivity contribution in [2.75, 3.05) is 20.2 Å². The van der Waals surface area contributed by atoms with Gasteiger partial charge in [0.2, 0.25) is 0 Å². The Labute approximate surface area is 152 Å². The Morgan fingerprint density at radius 2 is 2.12 bits per heavy atom. The molecular weight excluding hydrogens is 330 g/mol. The Hall–Kier alpha value is -2.18. The monoisotopic (exact) mass is 355 g/mol. The number of amides is 1. The Balaban J connectivity index is 1.50. The lowest BCUT2D eigenvalue weighted by atomic mass is 10.1. The second-order valence-corrected chi connectivity index (χ2v) is 7.32. The summed E-state index contributed by atoms with van der Waals surface area (Å²) in [7, 11) is 1.76. The van der Waals surface area contributed by atoms with E-state index >= 15 is 0 Å². The van der Waals surface area contributed by atoms with Gasteiger partial charge in [-0.2, -0.15) is 0 Å². The van der Waals surface area contributed by atoms with Crippen molar-refractivity contribution < 1.29 is 9.53 Å². The van der Waals surface area contributed by atoms with Crippen LogP contribution < -0.4 is 10.9 Å². The van der Waals surface area contributed by atoms with Crippen molar-refractivity contribution in [3.63, 3.8) is 0 Å². The third kappa shape index (κ3) is 3.27. The van der Waals surface area contributed by atoms with E-state index in [1.807, 2.05) is 18.2 Å². The van der Waals surface area contributed by atoms with Crippen LogP contribution in [0.1, 0.15) is 36.2 Å². The fourth-order valence-electron chi connectivity index (χ4n) is 4.37. The van der Waals surface area contributed by atoms with Gasteiger partial charge in [-0.05, 0) is 43.2 Å². The van der Waals surface area contributed by atoms with E-state index in [4.69, 9.17) is 4.74 Å². The standard InChI is InChI=1S/C20H25N3O3/c1-26-14-9-10-23(12-14)18-8-4-7-16(18)21-20(25)17-11-13-5-2-3-6-15(13)19(24)22-17/h2-3,5-6,11,14,16,18H,4,7-10,12H2,1H3,(H,21,25)(H,22,24)/t14?,16-,18+/m1/s1. The molecule has 0 bridgehead atoms. The summed E-state index contributed by atoms with van der Waals surface area (Å²) in [6.45, 7) is 1.95. The predicted octanol–water partition coefficient (Wildman–Crippen LogP) is 1.90. The average molecular weight is 355 g/mol. The normalized spacial score (nSPS) is 26.4. The molecule has 2 aliphatic rings.